The molecule has 1 aliphatic heterocycles. The Hall–Kier alpha value is -2.19. The first kappa shape index (κ1) is 25.8. The number of ether oxygens (including phenoxy) is 3. The van der Waals surface area contributed by atoms with Gasteiger partial charge in [-0.2, -0.15) is 0 Å². The summed E-state index contributed by atoms with van der Waals surface area (Å²) in [5, 5.41) is 3.04. The smallest absolute Gasteiger partial charge is 0.251 e. The first-order valence-electron chi connectivity index (χ1n) is 9.30. The average Bonchev–Trinajstić information content (AvgIpc) is 2.74. The van der Waals surface area contributed by atoms with Crippen LogP contribution in [0.1, 0.15) is 22.0 Å². The molecule has 2 aromatic rings. The van der Waals surface area contributed by atoms with Crippen LogP contribution < -0.4 is 20.5 Å². The molecule has 0 bridgehead atoms. The monoisotopic (exact) mass is 457 g/mol. The summed E-state index contributed by atoms with van der Waals surface area (Å²) >= 11 is 0. The van der Waals surface area contributed by atoms with Crippen molar-refractivity contribution in [3.05, 3.63) is 53.6 Å². The molecule has 0 aromatic heterocycles. The number of methoxy groups -OCH3 is 2. The van der Waals surface area contributed by atoms with E-state index in [0.717, 1.165) is 18.7 Å². The number of morpholine rings is 1. The highest BCUT2D eigenvalue weighted by Crippen LogP contribution is 2.32. The number of carbonyl (C=O) groups excluding carboxylic acids is 1. The molecule has 1 atom stereocenters. The molecular formula is C21H29Cl2N3O4. The number of carbonyl (C=O) groups is 1. The quantitative estimate of drug-likeness (QED) is 0.621. The Morgan fingerprint density at radius 2 is 1.80 bits per heavy atom. The van der Waals surface area contributed by atoms with Gasteiger partial charge in [0.25, 0.3) is 5.91 Å². The van der Waals surface area contributed by atoms with E-state index in [0.29, 0.717) is 42.5 Å². The van der Waals surface area contributed by atoms with Gasteiger partial charge in [-0.05, 0) is 35.9 Å². The zero-order chi connectivity index (χ0) is 19.9. The summed E-state index contributed by atoms with van der Waals surface area (Å²) in [5.41, 5.74) is 7.96. The molecule has 1 aliphatic rings. The van der Waals surface area contributed by atoms with Gasteiger partial charge in [0.1, 0.15) is 0 Å². The van der Waals surface area contributed by atoms with E-state index in [1.807, 2.05) is 18.2 Å². The lowest BCUT2D eigenvalue weighted by Gasteiger charge is -2.35. The van der Waals surface area contributed by atoms with Gasteiger partial charge in [0.05, 0.1) is 33.5 Å². The first-order valence-corrected chi connectivity index (χ1v) is 9.30. The molecule has 1 amide bonds. The number of rotatable bonds is 7. The summed E-state index contributed by atoms with van der Waals surface area (Å²) in [6.45, 7) is 3.41. The van der Waals surface area contributed by atoms with Gasteiger partial charge >= 0.3 is 0 Å². The lowest BCUT2D eigenvalue weighted by molar-refractivity contribution is 0.0162. The third-order valence-electron chi connectivity index (χ3n) is 4.88. The minimum Gasteiger partial charge on any atom is -0.493 e. The number of hydrogen-bond donors (Lipinski definition) is 2. The lowest BCUT2D eigenvalue weighted by atomic mass is 10.0. The second-order valence-corrected chi connectivity index (χ2v) is 6.61. The Bertz CT molecular complexity index is 817. The van der Waals surface area contributed by atoms with Crippen molar-refractivity contribution in [1.29, 1.82) is 0 Å². The van der Waals surface area contributed by atoms with Crippen molar-refractivity contribution < 1.29 is 19.0 Å². The third-order valence-corrected chi connectivity index (χ3v) is 4.88. The summed E-state index contributed by atoms with van der Waals surface area (Å²) in [6, 6.07) is 12.8. The van der Waals surface area contributed by atoms with E-state index >= 15 is 0 Å². The van der Waals surface area contributed by atoms with Crippen molar-refractivity contribution in [3.63, 3.8) is 0 Å². The molecule has 1 heterocycles. The average molecular weight is 458 g/mol. The number of amides is 1. The first-order chi connectivity index (χ1) is 13.6. The molecule has 1 unspecified atom stereocenters. The van der Waals surface area contributed by atoms with E-state index in [-0.39, 0.29) is 36.8 Å². The van der Waals surface area contributed by atoms with Crippen molar-refractivity contribution in [2.75, 3.05) is 52.8 Å². The molecule has 1 saturated heterocycles. The zero-order valence-corrected chi connectivity index (χ0v) is 18.8. The summed E-state index contributed by atoms with van der Waals surface area (Å²) in [6.07, 6.45) is 0. The number of anilines is 1. The molecule has 9 heteroatoms. The predicted octanol–water partition coefficient (Wildman–Crippen LogP) is 2.93. The SMILES string of the molecule is COc1ccc(C(CNC(=O)c2cccc(N)c2)N2CCOCC2)cc1OC.Cl.Cl. The third kappa shape index (κ3) is 6.40. The summed E-state index contributed by atoms with van der Waals surface area (Å²) < 4.78 is 16.3. The summed E-state index contributed by atoms with van der Waals surface area (Å²) in [4.78, 5) is 14.9. The van der Waals surface area contributed by atoms with Gasteiger partial charge in [0.2, 0.25) is 0 Å². The van der Waals surface area contributed by atoms with Crippen LogP contribution in [0.15, 0.2) is 42.5 Å². The number of nitrogen functional groups attached to an aromatic ring is 1. The van der Waals surface area contributed by atoms with Crippen LogP contribution in [0.5, 0.6) is 11.5 Å². The number of nitrogens with one attached hydrogen (secondary N) is 1. The zero-order valence-electron chi connectivity index (χ0n) is 17.1. The van der Waals surface area contributed by atoms with Crippen molar-refractivity contribution in [1.82, 2.24) is 10.2 Å². The summed E-state index contributed by atoms with van der Waals surface area (Å²) in [5.74, 6) is 1.20. The Kier molecular flexibility index (Phi) is 10.8. The predicted molar refractivity (Wildman–Crippen MR) is 122 cm³/mol. The Balaban J connectivity index is 0.00000225. The van der Waals surface area contributed by atoms with Crippen LogP contribution in [0.3, 0.4) is 0 Å². The van der Waals surface area contributed by atoms with Crippen molar-refractivity contribution in [3.8, 4) is 11.5 Å². The molecule has 7 nitrogen and oxygen atoms in total. The largest absolute Gasteiger partial charge is 0.493 e. The van der Waals surface area contributed by atoms with Crippen LogP contribution in [0.4, 0.5) is 5.69 Å². The highest BCUT2D eigenvalue weighted by Gasteiger charge is 2.24. The normalized spacial score (nSPS) is 14.6. The molecule has 0 aliphatic carbocycles. The fourth-order valence-electron chi connectivity index (χ4n) is 3.38. The fraction of sp³-hybridized carbons (Fsp3) is 0.381. The number of hydrogen-bond acceptors (Lipinski definition) is 6. The maximum absolute atomic E-state index is 12.6. The van der Waals surface area contributed by atoms with Crippen LogP contribution >= 0.6 is 24.8 Å². The molecule has 0 radical (unpaired) electrons. The molecule has 3 N–H and O–H groups in total. The molecule has 30 heavy (non-hydrogen) atoms. The molecule has 166 valence electrons. The molecule has 0 spiro atoms. The molecule has 2 aromatic carbocycles. The van der Waals surface area contributed by atoms with Crippen LogP contribution in [-0.2, 0) is 4.74 Å². The van der Waals surface area contributed by atoms with Gasteiger partial charge in [-0.3, -0.25) is 9.69 Å². The van der Waals surface area contributed by atoms with Crippen LogP contribution in [0.2, 0.25) is 0 Å². The highest BCUT2D eigenvalue weighted by molar-refractivity contribution is 5.95. The standard InChI is InChI=1S/C21H27N3O4.2ClH/c1-26-19-7-6-15(13-20(19)27-2)18(24-8-10-28-11-9-24)14-23-21(25)16-4-3-5-17(22)12-16;;/h3-7,12-13,18H,8-11,14,22H2,1-2H3,(H,23,25);2*1H. The van der Waals surface area contributed by atoms with Crippen molar-refractivity contribution in [2.45, 2.75) is 6.04 Å². The molecule has 3 rings (SSSR count). The van der Waals surface area contributed by atoms with Crippen LogP contribution in [0.25, 0.3) is 0 Å². The maximum atomic E-state index is 12.6. The van der Waals surface area contributed by atoms with E-state index in [1.54, 1.807) is 38.5 Å². The minimum atomic E-state index is -0.147. The van der Waals surface area contributed by atoms with Crippen LogP contribution in [0, 0.1) is 0 Å². The van der Waals surface area contributed by atoms with E-state index in [4.69, 9.17) is 19.9 Å². The molecular weight excluding hydrogens is 429 g/mol. The van der Waals surface area contributed by atoms with Crippen LogP contribution in [-0.4, -0.2) is 57.9 Å². The molecule has 1 fully saturated rings. The van der Waals surface area contributed by atoms with E-state index in [2.05, 4.69) is 10.2 Å². The van der Waals surface area contributed by atoms with E-state index in [9.17, 15) is 4.79 Å². The highest BCUT2D eigenvalue weighted by atomic mass is 35.5. The Morgan fingerprint density at radius 1 is 1.10 bits per heavy atom. The van der Waals surface area contributed by atoms with Gasteiger partial charge in [0.15, 0.2) is 11.5 Å². The molecule has 0 saturated carbocycles. The van der Waals surface area contributed by atoms with Gasteiger partial charge in [0, 0.05) is 30.9 Å². The van der Waals surface area contributed by atoms with Gasteiger partial charge in [-0.25, -0.2) is 0 Å². The fourth-order valence-corrected chi connectivity index (χ4v) is 3.38. The lowest BCUT2D eigenvalue weighted by Crippen LogP contribution is -2.43. The second kappa shape index (κ2) is 12.5. The Labute approximate surface area is 189 Å². The van der Waals surface area contributed by atoms with Crippen molar-refractivity contribution in [2.24, 2.45) is 0 Å². The van der Waals surface area contributed by atoms with Gasteiger partial charge in [-0.15, -0.1) is 24.8 Å². The maximum Gasteiger partial charge on any atom is 0.251 e. The number of halogens is 2. The van der Waals surface area contributed by atoms with E-state index in [1.165, 1.54) is 0 Å². The summed E-state index contributed by atoms with van der Waals surface area (Å²) in [7, 11) is 3.23. The van der Waals surface area contributed by atoms with Gasteiger partial charge < -0.3 is 25.3 Å². The van der Waals surface area contributed by atoms with Gasteiger partial charge in [-0.1, -0.05) is 12.1 Å². The van der Waals surface area contributed by atoms with E-state index < -0.39 is 0 Å². The topological polar surface area (TPSA) is 86.0 Å². The number of nitrogens with zero attached hydrogens (tertiary/aromatic N) is 1. The number of nitrogens with two attached hydrogens (primary N) is 1. The Morgan fingerprint density at radius 3 is 2.43 bits per heavy atom. The minimum absolute atomic E-state index is 0. The van der Waals surface area contributed by atoms with Crippen molar-refractivity contribution >= 4 is 36.4 Å². The number of benzene rings is 2. The second-order valence-electron chi connectivity index (χ2n) is 6.61.